The van der Waals surface area contributed by atoms with Crippen molar-refractivity contribution in [3.8, 4) is 0 Å². The van der Waals surface area contributed by atoms with Gasteiger partial charge in [-0.1, -0.05) is 0 Å². The summed E-state index contributed by atoms with van der Waals surface area (Å²) in [6.45, 7) is 0.413. The number of likely N-dealkylation sites (tertiary alicyclic amines) is 1. The maximum Gasteiger partial charge on any atom is 0.326 e. The molecular weight excluding hydrogens is 254 g/mol. The van der Waals surface area contributed by atoms with Gasteiger partial charge in [0.1, 0.15) is 6.04 Å². The highest BCUT2D eigenvalue weighted by Crippen LogP contribution is 2.28. The molecule has 2 unspecified atom stereocenters. The molecule has 2 heterocycles. The average molecular weight is 273 g/mol. The number of hydrogen-bond donors (Lipinski definition) is 1. The summed E-state index contributed by atoms with van der Waals surface area (Å²) in [5.41, 5.74) is 0. The Morgan fingerprint density at radius 1 is 1.33 bits per heavy atom. The van der Waals surface area contributed by atoms with Gasteiger partial charge in [0.2, 0.25) is 5.91 Å². The number of carbonyl (C=O) groups is 2. The van der Waals surface area contributed by atoms with Crippen LogP contribution in [0.25, 0.3) is 0 Å². The van der Waals surface area contributed by atoms with Crippen molar-refractivity contribution in [1.82, 2.24) is 4.90 Å². The molecule has 2 saturated heterocycles. The zero-order valence-electron chi connectivity index (χ0n) is 10.5. The van der Waals surface area contributed by atoms with E-state index in [-0.39, 0.29) is 17.9 Å². The molecule has 0 aromatic rings. The molecule has 102 valence electrons. The first-order chi connectivity index (χ1) is 8.63. The molecule has 2 aliphatic heterocycles. The van der Waals surface area contributed by atoms with Crippen molar-refractivity contribution in [2.45, 2.75) is 31.4 Å². The van der Waals surface area contributed by atoms with Crippen molar-refractivity contribution in [2.24, 2.45) is 5.92 Å². The molecule has 2 aliphatic rings. The Balaban J connectivity index is 2.04. The number of amides is 1. The lowest BCUT2D eigenvalue weighted by atomic mass is 10.0. The lowest BCUT2D eigenvalue weighted by molar-refractivity contribution is -0.150. The van der Waals surface area contributed by atoms with Crippen LogP contribution in [-0.2, 0) is 14.3 Å². The SMILES string of the molecule is COC1CC(C(=O)O)N(C(=O)C2CCSCC2)C1. The number of methoxy groups -OCH3 is 1. The van der Waals surface area contributed by atoms with Crippen molar-refractivity contribution in [1.29, 1.82) is 0 Å². The third-order valence-corrected chi connectivity index (χ3v) is 4.78. The average Bonchev–Trinajstić information content (AvgIpc) is 2.83. The van der Waals surface area contributed by atoms with Crippen LogP contribution in [0, 0.1) is 5.92 Å². The third-order valence-electron chi connectivity index (χ3n) is 3.73. The minimum atomic E-state index is -0.923. The minimum absolute atomic E-state index is 0.00208. The van der Waals surface area contributed by atoms with E-state index in [4.69, 9.17) is 4.74 Å². The van der Waals surface area contributed by atoms with Crippen molar-refractivity contribution in [2.75, 3.05) is 25.2 Å². The van der Waals surface area contributed by atoms with E-state index in [2.05, 4.69) is 0 Å². The van der Waals surface area contributed by atoms with Gasteiger partial charge in [0, 0.05) is 26.0 Å². The Labute approximate surface area is 111 Å². The normalized spacial score (nSPS) is 29.5. The van der Waals surface area contributed by atoms with Crippen molar-refractivity contribution >= 4 is 23.6 Å². The fourth-order valence-corrected chi connectivity index (χ4v) is 3.73. The van der Waals surface area contributed by atoms with E-state index in [1.807, 2.05) is 11.8 Å². The molecule has 18 heavy (non-hydrogen) atoms. The molecule has 0 aliphatic carbocycles. The first-order valence-electron chi connectivity index (χ1n) is 6.27. The van der Waals surface area contributed by atoms with Crippen LogP contribution in [0.3, 0.4) is 0 Å². The number of carboxylic acid groups (broad SMARTS) is 1. The molecule has 1 amide bonds. The number of ether oxygens (including phenoxy) is 1. The van der Waals surface area contributed by atoms with Gasteiger partial charge in [0.05, 0.1) is 6.10 Å². The molecule has 2 fully saturated rings. The summed E-state index contributed by atoms with van der Waals surface area (Å²) in [5, 5.41) is 9.19. The zero-order valence-corrected chi connectivity index (χ0v) is 11.3. The summed E-state index contributed by atoms with van der Waals surface area (Å²) in [7, 11) is 1.56. The van der Waals surface area contributed by atoms with Crippen LogP contribution in [0.15, 0.2) is 0 Å². The molecule has 0 saturated carbocycles. The summed E-state index contributed by atoms with van der Waals surface area (Å²) < 4.78 is 5.20. The van der Waals surface area contributed by atoms with E-state index in [1.54, 1.807) is 7.11 Å². The molecule has 6 heteroatoms. The van der Waals surface area contributed by atoms with E-state index in [9.17, 15) is 14.7 Å². The topological polar surface area (TPSA) is 66.8 Å². The molecule has 0 radical (unpaired) electrons. The second-order valence-electron chi connectivity index (χ2n) is 4.82. The summed E-state index contributed by atoms with van der Waals surface area (Å²) in [6.07, 6.45) is 1.99. The summed E-state index contributed by atoms with van der Waals surface area (Å²) in [4.78, 5) is 25.1. The molecule has 0 bridgehead atoms. The lowest BCUT2D eigenvalue weighted by Gasteiger charge is -2.28. The number of carboxylic acids is 1. The molecular formula is C12H19NO4S. The predicted octanol–water partition coefficient (Wildman–Crippen LogP) is 0.830. The Hall–Kier alpha value is -0.750. The maximum absolute atomic E-state index is 12.4. The molecule has 5 nitrogen and oxygen atoms in total. The molecule has 0 aromatic carbocycles. The maximum atomic E-state index is 12.4. The highest BCUT2D eigenvalue weighted by atomic mass is 32.2. The second kappa shape index (κ2) is 5.93. The number of rotatable bonds is 3. The monoisotopic (exact) mass is 273 g/mol. The molecule has 0 spiro atoms. The smallest absolute Gasteiger partial charge is 0.326 e. The van der Waals surface area contributed by atoms with Gasteiger partial charge in [-0.05, 0) is 24.3 Å². The quantitative estimate of drug-likeness (QED) is 0.825. The van der Waals surface area contributed by atoms with Crippen LogP contribution in [-0.4, -0.2) is 59.2 Å². The number of aliphatic carboxylic acids is 1. The van der Waals surface area contributed by atoms with Gasteiger partial charge < -0.3 is 14.7 Å². The van der Waals surface area contributed by atoms with Crippen LogP contribution in [0.5, 0.6) is 0 Å². The molecule has 2 atom stereocenters. The lowest BCUT2D eigenvalue weighted by Crippen LogP contribution is -2.44. The van der Waals surface area contributed by atoms with Crippen LogP contribution >= 0.6 is 11.8 Å². The Morgan fingerprint density at radius 3 is 2.56 bits per heavy atom. The van der Waals surface area contributed by atoms with Crippen LogP contribution in [0.2, 0.25) is 0 Å². The van der Waals surface area contributed by atoms with E-state index >= 15 is 0 Å². The van der Waals surface area contributed by atoms with Gasteiger partial charge in [-0.3, -0.25) is 4.79 Å². The van der Waals surface area contributed by atoms with Crippen LogP contribution < -0.4 is 0 Å². The highest BCUT2D eigenvalue weighted by Gasteiger charge is 2.41. The molecule has 2 rings (SSSR count). The van der Waals surface area contributed by atoms with Gasteiger partial charge >= 0.3 is 5.97 Å². The first-order valence-corrected chi connectivity index (χ1v) is 7.42. The summed E-state index contributed by atoms with van der Waals surface area (Å²) in [5.74, 6) is 1.07. The van der Waals surface area contributed by atoms with Gasteiger partial charge in [0.25, 0.3) is 0 Å². The van der Waals surface area contributed by atoms with Gasteiger partial charge in [-0.2, -0.15) is 11.8 Å². The number of thioether (sulfide) groups is 1. The predicted molar refractivity (Wildman–Crippen MR) is 68.6 cm³/mol. The number of hydrogen-bond acceptors (Lipinski definition) is 4. The summed E-state index contributed by atoms with van der Waals surface area (Å²) >= 11 is 1.86. The van der Waals surface area contributed by atoms with Gasteiger partial charge in [-0.25, -0.2) is 4.79 Å². The van der Waals surface area contributed by atoms with E-state index < -0.39 is 12.0 Å². The fourth-order valence-electron chi connectivity index (χ4n) is 2.62. The number of carbonyl (C=O) groups excluding carboxylic acids is 1. The van der Waals surface area contributed by atoms with E-state index in [0.29, 0.717) is 13.0 Å². The second-order valence-corrected chi connectivity index (χ2v) is 6.05. The highest BCUT2D eigenvalue weighted by molar-refractivity contribution is 7.99. The van der Waals surface area contributed by atoms with E-state index in [0.717, 1.165) is 24.3 Å². The number of nitrogens with zero attached hydrogens (tertiary/aromatic N) is 1. The molecule has 1 N–H and O–H groups in total. The standard InChI is InChI=1S/C12H19NO4S/c1-17-9-6-10(12(15)16)13(7-9)11(14)8-2-4-18-5-3-8/h8-10H,2-7H2,1H3,(H,15,16). The van der Waals surface area contributed by atoms with Gasteiger partial charge in [-0.15, -0.1) is 0 Å². The third kappa shape index (κ3) is 2.80. The van der Waals surface area contributed by atoms with Gasteiger partial charge in [0.15, 0.2) is 0 Å². The van der Waals surface area contributed by atoms with Crippen molar-refractivity contribution < 1.29 is 19.4 Å². The first kappa shape index (κ1) is 13.7. The zero-order chi connectivity index (χ0) is 13.1. The minimum Gasteiger partial charge on any atom is -0.480 e. The van der Waals surface area contributed by atoms with Crippen LogP contribution in [0.4, 0.5) is 0 Å². The molecule has 0 aromatic heterocycles. The van der Waals surface area contributed by atoms with Crippen LogP contribution in [0.1, 0.15) is 19.3 Å². The Bertz CT molecular complexity index is 330. The van der Waals surface area contributed by atoms with E-state index in [1.165, 1.54) is 4.90 Å². The Kier molecular flexibility index (Phi) is 4.50. The Morgan fingerprint density at radius 2 is 2.00 bits per heavy atom. The fraction of sp³-hybridized carbons (Fsp3) is 0.833. The van der Waals surface area contributed by atoms with Crippen molar-refractivity contribution in [3.63, 3.8) is 0 Å². The van der Waals surface area contributed by atoms with Crippen molar-refractivity contribution in [3.05, 3.63) is 0 Å². The summed E-state index contributed by atoms with van der Waals surface area (Å²) in [6, 6.07) is -0.711. The largest absolute Gasteiger partial charge is 0.480 e.